The second kappa shape index (κ2) is 18.2. The van der Waals surface area contributed by atoms with Crippen molar-refractivity contribution >= 4 is 46.2 Å². The molecule has 0 bridgehead atoms. The fourth-order valence-electron chi connectivity index (χ4n) is 9.95. The Kier molecular flexibility index (Phi) is 12.4. The average molecular weight is 930 g/mol. The number of thiophene rings is 1. The highest BCUT2D eigenvalue weighted by molar-refractivity contribution is 7.12. The highest BCUT2D eigenvalue weighted by Gasteiger charge is 2.40. The summed E-state index contributed by atoms with van der Waals surface area (Å²) in [5, 5.41) is 6.50. The fraction of sp³-hybridized carbons (Fsp3) is 0.440. The first-order valence-corrected chi connectivity index (χ1v) is 23.9. The Bertz CT molecular complexity index is 2850. The zero-order valence-corrected chi connectivity index (χ0v) is 40.3. The van der Waals surface area contributed by atoms with E-state index in [0.717, 1.165) is 86.5 Å². The topological polar surface area (TPSA) is 189 Å². The van der Waals surface area contributed by atoms with Crippen LogP contribution in [0.2, 0.25) is 0 Å². The fourth-order valence-corrected chi connectivity index (χ4v) is 11.0. The van der Waals surface area contributed by atoms with Crippen molar-refractivity contribution in [3.63, 3.8) is 0 Å². The molecule has 2 aromatic carbocycles. The van der Waals surface area contributed by atoms with Gasteiger partial charge in [-0.25, -0.2) is 19.6 Å². The van der Waals surface area contributed by atoms with Gasteiger partial charge in [0.1, 0.15) is 29.5 Å². The Morgan fingerprint density at radius 1 is 0.746 bits per heavy atom. The molecule has 7 heterocycles. The number of ether oxygens (including phenoxy) is 3. The van der Waals surface area contributed by atoms with E-state index in [2.05, 4.69) is 88.4 Å². The van der Waals surface area contributed by atoms with E-state index in [1.54, 1.807) is 11.3 Å². The molecule has 6 aromatic rings. The molecule has 3 aliphatic heterocycles. The molecular formula is C50H59N9O7S. The minimum absolute atomic E-state index is 0.128. The number of benzene rings is 2. The lowest BCUT2D eigenvalue weighted by molar-refractivity contribution is -0.136. The van der Waals surface area contributed by atoms with Gasteiger partial charge in [0.2, 0.25) is 18.0 Å². The molecule has 16 nitrogen and oxygen atoms in total. The Balaban J connectivity index is 1.03. The number of carbonyl (C=O) groups is 4. The number of imidazole rings is 2. The van der Waals surface area contributed by atoms with Crippen LogP contribution < -0.4 is 15.4 Å². The number of likely N-dealkylation sites (tertiary alicyclic amines) is 2. The summed E-state index contributed by atoms with van der Waals surface area (Å²) >= 11 is 1.74. The van der Waals surface area contributed by atoms with Crippen LogP contribution in [0.4, 0.5) is 9.59 Å². The number of rotatable bonds is 11. The highest BCUT2D eigenvalue weighted by Crippen LogP contribution is 2.49. The van der Waals surface area contributed by atoms with E-state index in [1.165, 1.54) is 24.7 Å². The minimum atomic E-state index is -0.721. The third kappa shape index (κ3) is 8.42. The molecule has 0 radical (unpaired) electrons. The Labute approximate surface area is 393 Å². The lowest BCUT2D eigenvalue weighted by Crippen LogP contribution is -2.51. The first kappa shape index (κ1) is 45.5. The lowest BCUT2D eigenvalue weighted by atomic mass is 9.98. The van der Waals surface area contributed by atoms with Gasteiger partial charge in [-0.1, -0.05) is 33.8 Å². The van der Waals surface area contributed by atoms with Crippen molar-refractivity contribution in [1.82, 2.24) is 44.9 Å². The zero-order chi connectivity index (χ0) is 47.4. The Morgan fingerprint density at radius 3 is 1.84 bits per heavy atom. The van der Waals surface area contributed by atoms with E-state index in [1.807, 2.05) is 49.9 Å². The second-order valence-electron chi connectivity index (χ2n) is 18.7. The Morgan fingerprint density at radius 2 is 1.31 bits per heavy atom. The predicted molar refractivity (Wildman–Crippen MR) is 256 cm³/mol. The number of aromatic amines is 2. The number of aryl methyl sites for hydroxylation is 3. The van der Waals surface area contributed by atoms with E-state index in [4.69, 9.17) is 24.2 Å². The maximum atomic E-state index is 13.8. The molecule has 4 amide bonds. The third-order valence-electron chi connectivity index (χ3n) is 13.6. The van der Waals surface area contributed by atoms with Crippen LogP contribution in [0, 0.1) is 32.6 Å². The summed E-state index contributed by atoms with van der Waals surface area (Å²) in [5.41, 5.74) is 8.85. The van der Waals surface area contributed by atoms with Crippen LogP contribution in [0.5, 0.6) is 5.75 Å². The van der Waals surface area contributed by atoms with Crippen molar-refractivity contribution in [3.8, 4) is 39.5 Å². The standard InChI is InChI=1S/C50H59N9O7S/c1-25(2)42(55-49(62)64-8)46(60)57-16-10-12-36(57)44-51-23-33(53-44)30-14-15-35-32(20-30)21-38-41-28(6)18-31(22-39(41)66-48(59(35)38)40-19-27(5)29(7)67-40)34-24-52-45(54-34)37-13-11-17-58(37)47(61)43(26(3)4)56-50(63)65-9/h14-15,18-26,36-37,42-43,48H,10-13,16-17H2,1-9H3,(H,51,53)(H,52,54)(H,55,62)(H,56,63)/t36-,37-,42-,43-,48?/m0/s1. The summed E-state index contributed by atoms with van der Waals surface area (Å²) in [7, 11) is 2.59. The van der Waals surface area contributed by atoms with Crippen LogP contribution in [0.25, 0.3) is 44.7 Å². The number of fused-ring (bicyclic) bond motifs is 5. The van der Waals surface area contributed by atoms with E-state index in [-0.39, 0.29) is 35.7 Å². The van der Waals surface area contributed by atoms with Gasteiger partial charge in [0.25, 0.3) is 0 Å². The quantitative estimate of drug-likeness (QED) is 0.0983. The van der Waals surface area contributed by atoms with Gasteiger partial charge in [0.15, 0.2) is 0 Å². The molecule has 67 heavy (non-hydrogen) atoms. The lowest BCUT2D eigenvalue weighted by Gasteiger charge is -2.31. The summed E-state index contributed by atoms with van der Waals surface area (Å²) in [4.78, 5) is 74.6. The number of hydrogen-bond donors (Lipinski definition) is 4. The zero-order valence-electron chi connectivity index (χ0n) is 39.5. The number of hydrogen-bond acceptors (Lipinski definition) is 10. The van der Waals surface area contributed by atoms with Crippen LogP contribution in [0.1, 0.15) is 104 Å². The molecular weight excluding hydrogens is 871 g/mol. The van der Waals surface area contributed by atoms with E-state index < -0.39 is 30.5 Å². The largest absolute Gasteiger partial charge is 0.464 e. The number of alkyl carbamates (subject to hydrolysis) is 2. The van der Waals surface area contributed by atoms with Crippen LogP contribution >= 0.6 is 11.3 Å². The van der Waals surface area contributed by atoms with Gasteiger partial charge in [-0.05, 0) is 106 Å². The molecule has 352 valence electrons. The Hall–Kier alpha value is -6.62. The van der Waals surface area contributed by atoms with Gasteiger partial charge < -0.3 is 44.6 Å². The molecule has 5 atom stereocenters. The summed E-state index contributed by atoms with van der Waals surface area (Å²) in [6.45, 7) is 15.1. The molecule has 4 aromatic heterocycles. The SMILES string of the molecule is COC(=O)N[C@H](C(=O)N1CCC[C@H]1c1ncc(-c2cc(C)c3c(c2)OC(c2cc(C)c(C)s2)n2c-3cc3cc(-c4cnc([C@@H]5CCCN5C(=O)[C@@H](NC(=O)OC)C(C)C)[nH]4)ccc32)[nH]1)C(C)C. The van der Waals surface area contributed by atoms with Gasteiger partial charge >= 0.3 is 12.2 Å². The van der Waals surface area contributed by atoms with Crippen molar-refractivity contribution in [3.05, 3.63) is 87.4 Å². The molecule has 2 saturated heterocycles. The third-order valence-corrected chi connectivity index (χ3v) is 14.8. The number of nitrogens with zero attached hydrogens (tertiary/aromatic N) is 5. The first-order valence-electron chi connectivity index (χ1n) is 23.1. The predicted octanol–water partition coefficient (Wildman–Crippen LogP) is 9.10. The van der Waals surface area contributed by atoms with Crippen LogP contribution in [0.15, 0.2) is 54.9 Å². The van der Waals surface area contributed by atoms with Gasteiger partial charge in [0, 0.05) is 40.0 Å². The monoisotopic (exact) mass is 929 g/mol. The summed E-state index contributed by atoms with van der Waals surface area (Å²) in [6.07, 6.45) is 5.12. The number of carbonyl (C=O) groups excluding carboxylic acids is 4. The summed E-state index contributed by atoms with van der Waals surface area (Å²) in [5.74, 6) is 1.60. The van der Waals surface area contributed by atoms with Crippen molar-refractivity contribution < 1.29 is 33.4 Å². The number of amides is 4. The van der Waals surface area contributed by atoms with E-state index in [9.17, 15) is 19.2 Å². The number of H-pyrrole nitrogens is 2. The molecule has 4 N–H and O–H groups in total. The molecule has 0 aliphatic carbocycles. The van der Waals surface area contributed by atoms with Crippen molar-refractivity contribution in [2.45, 2.75) is 105 Å². The molecule has 9 rings (SSSR count). The molecule has 0 saturated carbocycles. The molecule has 2 fully saturated rings. The van der Waals surface area contributed by atoms with E-state index in [0.29, 0.717) is 24.7 Å². The maximum Gasteiger partial charge on any atom is 0.407 e. The van der Waals surface area contributed by atoms with Crippen LogP contribution in [-0.2, 0) is 19.1 Å². The first-order chi connectivity index (χ1) is 32.1. The summed E-state index contributed by atoms with van der Waals surface area (Å²) in [6, 6.07) is 13.2. The van der Waals surface area contributed by atoms with Gasteiger partial charge in [0.05, 0.1) is 66.2 Å². The number of nitrogens with one attached hydrogen (secondary N) is 4. The van der Waals surface area contributed by atoms with Crippen molar-refractivity contribution in [2.75, 3.05) is 27.3 Å². The second-order valence-corrected chi connectivity index (χ2v) is 19.9. The molecule has 17 heteroatoms. The molecule has 0 spiro atoms. The van der Waals surface area contributed by atoms with Gasteiger partial charge in [-0.3, -0.25) is 14.2 Å². The van der Waals surface area contributed by atoms with Crippen LogP contribution in [-0.4, -0.2) is 97.7 Å². The van der Waals surface area contributed by atoms with Crippen molar-refractivity contribution in [2.24, 2.45) is 11.8 Å². The molecule has 1 unspecified atom stereocenters. The number of methoxy groups -OCH3 is 2. The van der Waals surface area contributed by atoms with Crippen molar-refractivity contribution in [1.29, 1.82) is 0 Å². The number of aromatic nitrogens is 5. The molecule has 3 aliphatic rings. The smallest absolute Gasteiger partial charge is 0.407 e. The van der Waals surface area contributed by atoms with E-state index >= 15 is 0 Å². The minimum Gasteiger partial charge on any atom is -0.464 e. The summed E-state index contributed by atoms with van der Waals surface area (Å²) < 4.78 is 19.0. The average Bonchev–Trinajstić information content (AvgIpc) is 4.18. The maximum absolute atomic E-state index is 13.8. The van der Waals surface area contributed by atoms with Gasteiger partial charge in [-0.2, -0.15) is 0 Å². The van der Waals surface area contributed by atoms with Crippen LogP contribution in [0.3, 0.4) is 0 Å². The van der Waals surface area contributed by atoms with Gasteiger partial charge in [-0.15, -0.1) is 11.3 Å². The normalized spacial score (nSPS) is 18.8. The highest BCUT2D eigenvalue weighted by atomic mass is 32.1.